The van der Waals surface area contributed by atoms with E-state index < -0.39 is 0 Å². The van der Waals surface area contributed by atoms with Gasteiger partial charge in [0, 0.05) is 0 Å². The summed E-state index contributed by atoms with van der Waals surface area (Å²) in [6, 6.07) is 0. The van der Waals surface area contributed by atoms with Crippen LogP contribution in [-0.2, 0) is 0 Å². The van der Waals surface area contributed by atoms with Gasteiger partial charge in [0.05, 0.1) is 0 Å². The molecule has 1 rings (SSSR count). The van der Waals surface area contributed by atoms with Gasteiger partial charge < -0.3 is 0 Å². The molecule has 0 aromatic carbocycles. The third kappa shape index (κ3) is 2.02. The first-order valence-corrected chi connectivity index (χ1v) is 5.37. The molecule has 1 aliphatic carbocycles. The third-order valence-electron chi connectivity index (χ3n) is 3.98. The Morgan fingerprint density at radius 3 is 2.25 bits per heavy atom. The molecule has 0 nitrogen and oxygen atoms in total. The molecular formula is C12H24. The fraction of sp³-hybridized carbons (Fsp3) is 1.00. The Morgan fingerprint density at radius 1 is 1.33 bits per heavy atom. The van der Waals surface area contributed by atoms with Gasteiger partial charge in [-0.15, -0.1) is 0 Å². The molecule has 0 heterocycles. The van der Waals surface area contributed by atoms with Crippen molar-refractivity contribution in [1.29, 1.82) is 0 Å². The maximum atomic E-state index is 2.43. The molecule has 0 aliphatic heterocycles. The van der Waals surface area contributed by atoms with Gasteiger partial charge in [-0.25, -0.2) is 0 Å². The van der Waals surface area contributed by atoms with Crippen LogP contribution in [0.4, 0.5) is 0 Å². The highest BCUT2D eigenvalue weighted by atomic mass is 14.4. The summed E-state index contributed by atoms with van der Waals surface area (Å²) in [7, 11) is 0. The van der Waals surface area contributed by atoms with E-state index in [-0.39, 0.29) is 0 Å². The van der Waals surface area contributed by atoms with Crippen molar-refractivity contribution in [1.82, 2.24) is 0 Å². The van der Waals surface area contributed by atoms with Crippen LogP contribution in [0.3, 0.4) is 0 Å². The van der Waals surface area contributed by atoms with Crippen molar-refractivity contribution in [2.75, 3.05) is 0 Å². The zero-order valence-electron chi connectivity index (χ0n) is 9.41. The van der Waals surface area contributed by atoms with Gasteiger partial charge in [0.15, 0.2) is 0 Å². The van der Waals surface area contributed by atoms with E-state index in [1.807, 2.05) is 0 Å². The number of rotatable bonds is 2. The van der Waals surface area contributed by atoms with Crippen LogP contribution < -0.4 is 0 Å². The van der Waals surface area contributed by atoms with E-state index in [1.54, 1.807) is 0 Å². The predicted octanol–water partition coefficient (Wildman–Crippen LogP) is 4.25. The van der Waals surface area contributed by atoms with Crippen molar-refractivity contribution in [3.8, 4) is 0 Å². The largest absolute Gasteiger partial charge is 0.0649 e. The van der Waals surface area contributed by atoms with Gasteiger partial charge in [-0.05, 0) is 36.0 Å². The molecule has 1 atom stereocenters. The first kappa shape index (κ1) is 10.1. The normalized spacial score (nSPS) is 29.2. The highest BCUT2D eigenvalue weighted by Crippen LogP contribution is 2.49. The molecule has 0 saturated heterocycles. The Balaban J connectivity index is 2.58. The summed E-state index contributed by atoms with van der Waals surface area (Å²) >= 11 is 0. The minimum absolute atomic E-state index is 0.577. The fourth-order valence-corrected chi connectivity index (χ4v) is 2.39. The zero-order valence-corrected chi connectivity index (χ0v) is 9.41. The van der Waals surface area contributed by atoms with Gasteiger partial charge in [-0.3, -0.25) is 0 Å². The minimum atomic E-state index is 0.577. The van der Waals surface area contributed by atoms with Crippen LogP contribution >= 0.6 is 0 Å². The molecule has 0 aromatic heterocycles. The summed E-state index contributed by atoms with van der Waals surface area (Å²) in [5.41, 5.74) is 1.20. The number of hydrogen-bond acceptors (Lipinski definition) is 0. The number of hydrogen-bond donors (Lipinski definition) is 0. The van der Waals surface area contributed by atoms with Crippen molar-refractivity contribution < 1.29 is 0 Å². The van der Waals surface area contributed by atoms with E-state index >= 15 is 0 Å². The molecule has 12 heavy (non-hydrogen) atoms. The molecule has 1 saturated carbocycles. The maximum absolute atomic E-state index is 2.43. The van der Waals surface area contributed by atoms with Crippen LogP contribution in [0, 0.1) is 16.7 Å². The Kier molecular flexibility index (Phi) is 2.56. The summed E-state index contributed by atoms with van der Waals surface area (Å²) in [6.07, 6.45) is 5.65. The first-order valence-electron chi connectivity index (χ1n) is 5.37. The van der Waals surface area contributed by atoms with Crippen LogP contribution in [0.25, 0.3) is 0 Å². The quantitative estimate of drug-likeness (QED) is 0.578. The summed E-state index contributed by atoms with van der Waals surface area (Å²) in [6.45, 7) is 12.0. The highest BCUT2D eigenvalue weighted by molar-refractivity contribution is 4.89. The average Bonchev–Trinajstić information content (AvgIpc) is 2.31. The maximum Gasteiger partial charge on any atom is -0.0328 e. The van der Waals surface area contributed by atoms with E-state index in [0.29, 0.717) is 10.8 Å². The Hall–Kier alpha value is 0. The molecule has 0 spiro atoms. The van der Waals surface area contributed by atoms with Gasteiger partial charge in [0.1, 0.15) is 0 Å². The van der Waals surface area contributed by atoms with Gasteiger partial charge in [0.25, 0.3) is 0 Å². The standard InChI is InChI=1S/C12H24/c1-6-12(4,5)10-7-8-11(2,3)9-10/h10H,6-9H2,1-5H3. The molecular weight excluding hydrogens is 144 g/mol. The second-order valence-electron chi connectivity index (χ2n) is 5.95. The zero-order chi connectivity index (χ0) is 9.41. The Morgan fingerprint density at radius 2 is 1.92 bits per heavy atom. The summed E-state index contributed by atoms with van der Waals surface area (Å²) in [5.74, 6) is 0.970. The lowest BCUT2D eigenvalue weighted by Crippen LogP contribution is -2.21. The first-order chi connectivity index (χ1) is 5.37. The van der Waals surface area contributed by atoms with E-state index in [2.05, 4.69) is 34.6 Å². The summed E-state index contributed by atoms with van der Waals surface area (Å²) < 4.78 is 0. The van der Waals surface area contributed by atoms with E-state index in [4.69, 9.17) is 0 Å². The monoisotopic (exact) mass is 168 g/mol. The topological polar surface area (TPSA) is 0 Å². The summed E-state index contributed by atoms with van der Waals surface area (Å²) in [4.78, 5) is 0. The van der Waals surface area contributed by atoms with Crippen LogP contribution in [0.15, 0.2) is 0 Å². The van der Waals surface area contributed by atoms with Gasteiger partial charge in [-0.1, -0.05) is 41.0 Å². The van der Waals surface area contributed by atoms with Crippen LogP contribution in [0.2, 0.25) is 0 Å². The van der Waals surface area contributed by atoms with Crippen molar-refractivity contribution in [3.05, 3.63) is 0 Å². The van der Waals surface area contributed by atoms with E-state index in [1.165, 1.54) is 25.7 Å². The molecule has 1 unspecified atom stereocenters. The smallest absolute Gasteiger partial charge is 0.0328 e. The van der Waals surface area contributed by atoms with Gasteiger partial charge >= 0.3 is 0 Å². The Bertz CT molecular complexity index is 153. The average molecular weight is 168 g/mol. The molecule has 0 amide bonds. The summed E-state index contributed by atoms with van der Waals surface area (Å²) in [5, 5.41) is 0. The second-order valence-corrected chi connectivity index (χ2v) is 5.95. The van der Waals surface area contributed by atoms with Crippen molar-refractivity contribution in [2.24, 2.45) is 16.7 Å². The molecule has 0 N–H and O–H groups in total. The predicted molar refractivity (Wildman–Crippen MR) is 55.2 cm³/mol. The molecule has 0 radical (unpaired) electrons. The highest BCUT2D eigenvalue weighted by Gasteiger charge is 2.38. The SMILES string of the molecule is CCC(C)(C)C1CCC(C)(C)C1. The van der Waals surface area contributed by atoms with Crippen molar-refractivity contribution in [2.45, 2.75) is 60.3 Å². The van der Waals surface area contributed by atoms with Gasteiger partial charge in [-0.2, -0.15) is 0 Å². The van der Waals surface area contributed by atoms with Gasteiger partial charge in [0.2, 0.25) is 0 Å². The minimum Gasteiger partial charge on any atom is -0.0649 e. The lowest BCUT2D eigenvalue weighted by Gasteiger charge is -2.31. The van der Waals surface area contributed by atoms with Crippen LogP contribution in [-0.4, -0.2) is 0 Å². The molecule has 0 bridgehead atoms. The molecule has 0 aromatic rings. The van der Waals surface area contributed by atoms with Crippen LogP contribution in [0.1, 0.15) is 60.3 Å². The second kappa shape index (κ2) is 3.05. The lowest BCUT2D eigenvalue weighted by atomic mass is 9.74. The molecule has 1 fully saturated rings. The Labute approximate surface area is 77.7 Å². The molecule has 0 heteroatoms. The van der Waals surface area contributed by atoms with Crippen molar-refractivity contribution >= 4 is 0 Å². The van der Waals surface area contributed by atoms with Crippen molar-refractivity contribution in [3.63, 3.8) is 0 Å². The fourth-order valence-electron chi connectivity index (χ4n) is 2.39. The molecule has 1 aliphatic rings. The van der Waals surface area contributed by atoms with Crippen LogP contribution in [0.5, 0.6) is 0 Å². The van der Waals surface area contributed by atoms with E-state index in [0.717, 1.165) is 5.92 Å². The third-order valence-corrected chi connectivity index (χ3v) is 3.98. The van der Waals surface area contributed by atoms with E-state index in [9.17, 15) is 0 Å². The lowest BCUT2D eigenvalue weighted by molar-refractivity contribution is 0.191. The molecule has 72 valence electrons.